The molecule has 0 aromatic heterocycles. The molecule has 0 spiro atoms. The van der Waals surface area contributed by atoms with E-state index in [1.54, 1.807) is 0 Å². The Hall–Kier alpha value is -0.120. The Morgan fingerprint density at radius 2 is 1.94 bits per heavy atom. The molecule has 3 N–H and O–H groups in total. The summed E-state index contributed by atoms with van der Waals surface area (Å²) >= 11 is 0. The zero-order chi connectivity index (χ0) is 13.8. The number of nitrogens with two attached hydrogens (primary N) is 1. The van der Waals surface area contributed by atoms with Crippen LogP contribution in [-0.4, -0.2) is 41.3 Å². The summed E-state index contributed by atoms with van der Waals surface area (Å²) in [4.78, 5) is 2.56. The molecule has 1 fully saturated rings. The van der Waals surface area contributed by atoms with Gasteiger partial charge in [0.2, 0.25) is 0 Å². The molecule has 1 heterocycles. The average Bonchev–Trinajstić information content (AvgIpc) is 2.53. The van der Waals surface area contributed by atoms with Crippen LogP contribution in [0.5, 0.6) is 0 Å². The first-order chi connectivity index (χ1) is 8.35. The van der Waals surface area contributed by atoms with E-state index in [2.05, 4.69) is 25.7 Å². The van der Waals surface area contributed by atoms with Crippen molar-refractivity contribution in [3.63, 3.8) is 0 Å². The lowest BCUT2D eigenvalue weighted by atomic mass is 9.89. The van der Waals surface area contributed by atoms with Crippen LogP contribution in [0.15, 0.2) is 0 Å². The monoisotopic (exact) mass is 256 g/mol. The van der Waals surface area contributed by atoms with Gasteiger partial charge in [-0.3, -0.25) is 0 Å². The van der Waals surface area contributed by atoms with Gasteiger partial charge in [-0.25, -0.2) is 0 Å². The second kappa shape index (κ2) is 6.88. The molecule has 1 rings (SSSR count). The van der Waals surface area contributed by atoms with E-state index >= 15 is 0 Å². The summed E-state index contributed by atoms with van der Waals surface area (Å²) in [7, 11) is 0. The molecule has 0 bridgehead atoms. The van der Waals surface area contributed by atoms with Crippen LogP contribution in [0.3, 0.4) is 0 Å². The fourth-order valence-electron chi connectivity index (χ4n) is 3.12. The number of likely N-dealkylation sites (tertiary alicyclic amines) is 1. The van der Waals surface area contributed by atoms with Gasteiger partial charge in [-0.15, -0.1) is 0 Å². The van der Waals surface area contributed by atoms with E-state index in [-0.39, 0.29) is 6.61 Å². The van der Waals surface area contributed by atoms with Crippen LogP contribution in [-0.2, 0) is 0 Å². The van der Waals surface area contributed by atoms with Gasteiger partial charge in [-0.1, -0.05) is 13.8 Å². The van der Waals surface area contributed by atoms with Crippen molar-refractivity contribution in [2.45, 2.75) is 65.0 Å². The highest BCUT2D eigenvalue weighted by molar-refractivity contribution is 4.85. The van der Waals surface area contributed by atoms with E-state index in [0.717, 1.165) is 18.3 Å². The standard InChI is InChI=1S/C15H32N2O/c1-12(2)14-6-5-8-17(9-7-14)13(3)10-15(4,16)11-18/h12-14,18H,5-11,16H2,1-4H3. The Bertz CT molecular complexity index is 241. The smallest absolute Gasteiger partial charge is 0.0609 e. The highest BCUT2D eigenvalue weighted by Crippen LogP contribution is 2.26. The number of nitrogens with zero attached hydrogens (tertiary/aromatic N) is 1. The predicted molar refractivity (Wildman–Crippen MR) is 77.5 cm³/mol. The molecule has 3 unspecified atom stereocenters. The highest BCUT2D eigenvalue weighted by Gasteiger charge is 2.27. The summed E-state index contributed by atoms with van der Waals surface area (Å²) in [5.74, 6) is 1.68. The average molecular weight is 256 g/mol. The van der Waals surface area contributed by atoms with E-state index in [4.69, 9.17) is 5.73 Å². The second-order valence-electron chi connectivity index (χ2n) is 6.84. The largest absolute Gasteiger partial charge is 0.394 e. The Morgan fingerprint density at radius 3 is 2.50 bits per heavy atom. The van der Waals surface area contributed by atoms with Gasteiger partial charge < -0.3 is 15.7 Å². The fraction of sp³-hybridized carbons (Fsp3) is 1.00. The lowest BCUT2D eigenvalue weighted by Gasteiger charge is -2.33. The van der Waals surface area contributed by atoms with Crippen molar-refractivity contribution in [3.8, 4) is 0 Å². The summed E-state index contributed by atoms with van der Waals surface area (Å²) in [5, 5.41) is 9.27. The van der Waals surface area contributed by atoms with Crippen LogP contribution in [0, 0.1) is 11.8 Å². The molecule has 1 aliphatic rings. The van der Waals surface area contributed by atoms with Gasteiger partial charge in [0, 0.05) is 11.6 Å². The van der Waals surface area contributed by atoms with Crippen LogP contribution < -0.4 is 5.73 Å². The number of hydrogen-bond donors (Lipinski definition) is 2. The minimum Gasteiger partial charge on any atom is -0.394 e. The van der Waals surface area contributed by atoms with E-state index in [0.29, 0.717) is 6.04 Å². The molecule has 1 aliphatic heterocycles. The van der Waals surface area contributed by atoms with Crippen molar-refractivity contribution in [1.82, 2.24) is 4.90 Å². The summed E-state index contributed by atoms with van der Waals surface area (Å²) in [5.41, 5.74) is 5.62. The molecular formula is C15H32N2O. The Morgan fingerprint density at radius 1 is 1.28 bits per heavy atom. The van der Waals surface area contributed by atoms with Crippen molar-refractivity contribution in [3.05, 3.63) is 0 Å². The molecule has 3 nitrogen and oxygen atoms in total. The third-order valence-electron chi connectivity index (χ3n) is 4.50. The van der Waals surface area contributed by atoms with Gasteiger partial charge in [0.05, 0.1) is 6.61 Å². The van der Waals surface area contributed by atoms with Crippen LogP contribution in [0.4, 0.5) is 0 Å². The van der Waals surface area contributed by atoms with Crippen LogP contribution in [0.2, 0.25) is 0 Å². The molecule has 18 heavy (non-hydrogen) atoms. The maximum atomic E-state index is 9.27. The summed E-state index contributed by atoms with van der Waals surface area (Å²) < 4.78 is 0. The molecule has 1 saturated heterocycles. The molecule has 108 valence electrons. The molecule has 0 aromatic carbocycles. The minimum atomic E-state index is -0.441. The normalized spacial score (nSPS) is 27.8. The Kier molecular flexibility index (Phi) is 6.09. The van der Waals surface area contributed by atoms with Gasteiger partial charge in [0.25, 0.3) is 0 Å². The maximum absolute atomic E-state index is 9.27. The summed E-state index contributed by atoms with van der Waals surface area (Å²) in [6.07, 6.45) is 4.84. The molecule has 0 aromatic rings. The third-order valence-corrected chi connectivity index (χ3v) is 4.50. The fourth-order valence-corrected chi connectivity index (χ4v) is 3.12. The van der Waals surface area contributed by atoms with Crippen LogP contribution in [0.25, 0.3) is 0 Å². The first-order valence-corrected chi connectivity index (χ1v) is 7.49. The van der Waals surface area contributed by atoms with Crippen molar-refractivity contribution in [2.75, 3.05) is 19.7 Å². The van der Waals surface area contributed by atoms with Crippen molar-refractivity contribution < 1.29 is 5.11 Å². The van der Waals surface area contributed by atoms with Crippen LogP contribution >= 0.6 is 0 Å². The van der Waals surface area contributed by atoms with Gasteiger partial charge in [-0.2, -0.15) is 0 Å². The van der Waals surface area contributed by atoms with Crippen molar-refractivity contribution in [1.29, 1.82) is 0 Å². The molecule has 0 radical (unpaired) electrons. The maximum Gasteiger partial charge on any atom is 0.0609 e. The van der Waals surface area contributed by atoms with Crippen LogP contribution in [0.1, 0.15) is 53.4 Å². The quantitative estimate of drug-likeness (QED) is 0.793. The second-order valence-corrected chi connectivity index (χ2v) is 6.84. The minimum absolute atomic E-state index is 0.0692. The zero-order valence-corrected chi connectivity index (χ0v) is 12.7. The summed E-state index contributed by atoms with van der Waals surface area (Å²) in [6.45, 7) is 11.3. The Balaban J connectivity index is 2.47. The first kappa shape index (κ1) is 15.9. The lowest BCUT2D eigenvalue weighted by Crippen LogP contribution is -2.47. The predicted octanol–water partition coefficient (Wildman–Crippen LogP) is 2.23. The van der Waals surface area contributed by atoms with Gasteiger partial charge in [-0.05, 0) is 64.5 Å². The Labute approximate surface area is 113 Å². The lowest BCUT2D eigenvalue weighted by molar-refractivity contribution is 0.138. The molecule has 0 amide bonds. The van der Waals surface area contributed by atoms with E-state index in [9.17, 15) is 5.11 Å². The van der Waals surface area contributed by atoms with Gasteiger partial charge in [0.1, 0.15) is 0 Å². The van der Waals surface area contributed by atoms with Gasteiger partial charge >= 0.3 is 0 Å². The van der Waals surface area contributed by atoms with E-state index < -0.39 is 5.54 Å². The summed E-state index contributed by atoms with van der Waals surface area (Å²) in [6, 6.07) is 0.470. The van der Waals surface area contributed by atoms with Crippen molar-refractivity contribution in [2.24, 2.45) is 17.6 Å². The molecule has 3 heteroatoms. The topological polar surface area (TPSA) is 49.5 Å². The number of aliphatic hydroxyl groups is 1. The molecule has 0 saturated carbocycles. The van der Waals surface area contributed by atoms with E-state index in [1.165, 1.54) is 32.4 Å². The highest BCUT2D eigenvalue weighted by atomic mass is 16.3. The van der Waals surface area contributed by atoms with Crippen molar-refractivity contribution >= 4 is 0 Å². The molecule has 0 aliphatic carbocycles. The zero-order valence-electron chi connectivity index (χ0n) is 12.7. The molecule has 3 atom stereocenters. The van der Waals surface area contributed by atoms with Gasteiger partial charge in [0.15, 0.2) is 0 Å². The number of rotatable bonds is 5. The third kappa shape index (κ3) is 4.87. The number of aliphatic hydroxyl groups excluding tert-OH is 1. The number of hydrogen-bond acceptors (Lipinski definition) is 3. The molecular weight excluding hydrogens is 224 g/mol. The first-order valence-electron chi connectivity index (χ1n) is 7.49. The van der Waals surface area contributed by atoms with E-state index in [1.807, 2.05) is 6.92 Å². The SMILES string of the molecule is CC(C)C1CCCN(C(C)CC(C)(N)CO)CC1.